The topological polar surface area (TPSA) is 61.1 Å². The first kappa shape index (κ1) is 11.9. The maximum absolute atomic E-state index is 5.77. The highest BCUT2D eigenvalue weighted by atomic mass is 15.4. The van der Waals surface area contributed by atoms with Crippen molar-refractivity contribution in [1.82, 2.24) is 19.2 Å². The number of rotatable bonds is 2. The molecule has 3 rings (SSSR count). The van der Waals surface area contributed by atoms with Crippen LogP contribution in [-0.4, -0.2) is 19.2 Å². The van der Waals surface area contributed by atoms with Crippen molar-refractivity contribution < 1.29 is 0 Å². The first-order valence-corrected chi connectivity index (χ1v) is 6.30. The molecule has 3 aromatic rings. The van der Waals surface area contributed by atoms with Crippen molar-refractivity contribution in [2.75, 3.05) is 0 Å². The summed E-state index contributed by atoms with van der Waals surface area (Å²) in [6.45, 7) is 4.48. The van der Waals surface area contributed by atoms with Gasteiger partial charge in [-0.3, -0.25) is 4.57 Å². The molecule has 0 saturated carbocycles. The Bertz CT molecular complexity index is 733. The summed E-state index contributed by atoms with van der Waals surface area (Å²) >= 11 is 0. The number of aromatic nitrogens is 4. The van der Waals surface area contributed by atoms with E-state index in [1.54, 1.807) is 0 Å². The first-order chi connectivity index (χ1) is 9.11. The average Bonchev–Trinajstić information content (AvgIpc) is 2.87. The van der Waals surface area contributed by atoms with E-state index in [-0.39, 0.29) is 0 Å². The molecule has 2 heterocycles. The van der Waals surface area contributed by atoms with Crippen molar-refractivity contribution in [1.29, 1.82) is 0 Å². The van der Waals surface area contributed by atoms with E-state index in [9.17, 15) is 0 Å². The van der Waals surface area contributed by atoms with E-state index in [2.05, 4.69) is 41.3 Å². The average molecular weight is 255 g/mol. The summed E-state index contributed by atoms with van der Waals surface area (Å²) in [5, 5.41) is 4.64. The van der Waals surface area contributed by atoms with Gasteiger partial charge in [0.2, 0.25) is 5.78 Å². The Kier molecular flexibility index (Phi) is 2.64. The summed E-state index contributed by atoms with van der Waals surface area (Å²) in [4.78, 5) is 4.53. The lowest BCUT2D eigenvalue weighted by molar-refractivity contribution is 0.859. The van der Waals surface area contributed by atoms with Crippen molar-refractivity contribution in [2.24, 2.45) is 12.8 Å². The highest BCUT2D eigenvalue weighted by molar-refractivity contribution is 5.59. The van der Waals surface area contributed by atoms with Crippen LogP contribution in [-0.2, 0) is 13.6 Å². The number of nitrogens with zero attached hydrogens (tertiary/aromatic N) is 4. The van der Waals surface area contributed by atoms with Crippen molar-refractivity contribution in [3.8, 4) is 11.4 Å². The Hall–Kier alpha value is -2.14. The first-order valence-electron chi connectivity index (χ1n) is 6.30. The number of nitrogens with two attached hydrogens (primary N) is 1. The molecule has 0 saturated heterocycles. The van der Waals surface area contributed by atoms with Gasteiger partial charge in [-0.2, -0.15) is 4.52 Å². The van der Waals surface area contributed by atoms with Gasteiger partial charge in [-0.25, -0.2) is 4.98 Å². The summed E-state index contributed by atoms with van der Waals surface area (Å²) in [5.74, 6) is 1.73. The second kappa shape index (κ2) is 4.20. The minimum Gasteiger partial charge on any atom is -0.325 e. The fourth-order valence-corrected chi connectivity index (χ4v) is 2.30. The van der Waals surface area contributed by atoms with E-state index >= 15 is 0 Å². The molecule has 0 unspecified atom stereocenters. The van der Waals surface area contributed by atoms with E-state index in [4.69, 9.17) is 5.73 Å². The van der Waals surface area contributed by atoms with Crippen LogP contribution in [0.5, 0.6) is 0 Å². The summed E-state index contributed by atoms with van der Waals surface area (Å²) in [7, 11) is 1.98. The van der Waals surface area contributed by atoms with Crippen LogP contribution in [0.25, 0.3) is 17.2 Å². The van der Waals surface area contributed by atoms with Gasteiger partial charge in [0.15, 0.2) is 5.82 Å². The molecule has 0 amide bonds. The Morgan fingerprint density at radius 3 is 2.47 bits per heavy atom. The zero-order chi connectivity index (χ0) is 13.6. The molecule has 0 spiro atoms. The second-order valence-electron chi connectivity index (χ2n) is 4.81. The summed E-state index contributed by atoms with van der Waals surface area (Å²) in [6, 6.07) is 8.32. The molecule has 5 nitrogen and oxygen atoms in total. The third-order valence-electron chi connectivity index (χ3n) is 3.45. The van der Waals surface area contributed by atoms with Crippen molar-refractivity contribution in [3.05, 3.63) is 41.2 Å². The smallest absolute Gasteiger partial charge is 0.232 e. The predicted octanol–water partition coefficient (Wildman–Crippen LogP) is 1.81. The third-order valence-corrected chi connectivity index (χ3v) is 3.45. The van der Waals surface area contributed by atoms with Gasteiger partial charge in [0.1, 0.15) is 0 Å². The zero-order valence-electron chi connectivity index (χ0n) is 11.4. The second-order valence-corrected chi connectivity index (χ2v) is 4.81. The fourth-order valence-electron chi connectivity index (χ4n) is 2.30. The number of benzene rings is 1. The van der Waals surface area contributed by atoms with Gasteiger partial charge in [0, 0.05) is 19.2 Å². The van der Waals surface area contributed by atoms with E-state index < -0.39 is 0 Å². The predicted molar refractivity (Wildman–Crippen MR) is 74.8 cm³/mol. The monoisotopic (exact) mass is 255 g/mol. The van der Waals surface area contributed by atoms with Crippen LogP contribution in [0, 0.1) is 13.8 Å². The van der Waals surface area contributed by atoms with Gasteiger partial charge in [-0.05, 0) is 13.8 Å². The molecule has 2 aromatic heterocycles. The van der Waals surface area contributed by atoms with Gasteiger partial charge < -0.3 is 5.73 Å². The zero-order valence-corrected chi connectivity index (χ0v) is 11.4. The third kappa shape index (κ3) is 1.74. The lowest BCUT2D eigenvalue weighted by Crippen LogP contribution is -2.03. The Labute approximate surface area is 111 Å². The Morgan fingerprint density at radius 2 is 1.84 bits per heavy atom. The van der Waals surface area contributed by atoms with E-state index in [1.807, 2.05) is 23.1 Å². The summed E-state index contributed by atoms with van der Waals surface area (Å²) in [6.07, 6.45) is 0. The van der Waals surface area contributed by atoms with Crippen LogP contribution >= 0.6 is 0 Å². The molecule has 98 valence electrons. The standard InChI is InChI=1S/C14H17N5/c1-9-4-6-11(7-5-9)13-17-19-12(8-15)10(2)16-14(19)18(13)3/h4-7H,8,15H2,1-3H3. The number of aryl methyl sites for hydroxylation is 3. The molecular weight excluding hydrogens is 238 g/mol. The minimum atomic E-state index is 0.442. The Balaban J connectivity index is 2.23. The molecular formula is C14H17N5. The quantitative estimate of drug-likeness (QED) is 0.759. The Morgan fingerprint density at radius 1 is 1.16 bits per heavy atom. The molecule has 0 aliphatic carbocycles. The van der Waals surface area contributed by atoms with Crippen LogP contribution in [0.15, 0.2) is 24.3 Å². The van der Waals surface area contributed by atoms with Gasteiger partial charge in [0.05, 0.1) is 11.4 Å². The molecule has 0 bridgehead atoms. The lowest BCUT2D eigenvalue weighted by Gasteiger charge is -2.01. The van der Waals surface area contributed by atoms with Crippen LogP contribution in [0.3, 0.4) is 0 Å². The number of imidazole rings is 1. The molecule has 0 aliphatic heterocycles. The minimum absolute atomic E-state index is 0.442. The highest BCUT2D eigenvalue weighted by Gasteiger charge is 2.16. The van der Waals surface area contributed by atoms with Crippen LogP contribution in [0.2, 0.25) is 0 Å². The van der Waals surface area contributed by atoms with Gasteiger partial charge in [0.25, 0.3) is 0 Å². The summed E-state index contributed by atoms with van der Waals surface area (Å²) < 4.78 is 3.83. The van der Waals surface area contributed by atoms with Crippen molar-refractivity contribution >= 4 is 5.78 Å². The van der Waals surface area contributed by atoms with Gasteiger partial charge in [-0.15, -0.1) is 5.10 Å². The van der Waals surface area contributed by atoms with Gasteiger partial charge >= 0.3 is 0 Å². The van der Waals surface area contributed by atoms with E-state index in [0.29, 0.717) is 6.54 Å². The van der Waals surface area contributed by atoms with E-state index in [1.165, 1.54) is 5.56 Å². The number of fused-ring (bicyclic) bond motifs is 1. The number of hydrogen-bond donors (Lipinski definition) is 1. The molecule has 0 fully saturated rings. The van der Waals surface area contributed by atoms with Crippen LogP contribution in [0.4, 0.5) is 0 Å². The highest BCUT2D eigenvalue weighted by Crippen LogP contribution is 2.21. The lowest BCUT2D eigenvalue weighted by atomic mass is 10.1. The fraction of sp³-hybridized carbons (Fsp3) is 0.286. The summed E-state index contributed by atoms with van der Waals surface area (Å²) in [5.41, 5.74) is 9.99. The maximum Gasteiger partial charge on any atom is 0.232 e. The number of hydrogen-bond acceptors (Lipinski definition) is 3. The molecule has 0 aliphatic rings. The molecule has 2 N–H and O–H groups in total. The van der Waals surface area contributed by atoms with Crippen LogP contribution in [0.1, 0.15) is 17.0 Å². The molecule has 19 heavy (non-hydrogen) atoms. The van der Waals surface area contributed by atoms with Crippen molar-refractivity contribution in [2.45, 2.75) is 20.4 Å². The molecule has 5 heteroatoms. The largest absolute Gasteiger partial charge is 0.325 e. The van der Waals surface area contributed by atoms with Crippen molar-refractivity contribution in [3.63, 3.8) is 0 Å². The normalized spacial score (nSPS) is 11.4. The van der Waals surface area contributed by atoms with E-state index in [0.717, 1.165) is 28.6 Å². The molecule has 0 radical (unpaired) electrons. The molecule has 0 atom stereocenters. The van der Waals surface area contributed by atoms with Gasteiger partial charge in [-0.1, -0.05) is 29.8 Å². The maximum atomic E-state index is 5.77. The SMILES string of the molecule is Cc1ccc(-c2nn3c(CN)c(C)nc3n2C)cc1. The van der Waals surface area contributed by atoms with Crippen LogP contribution < -0.4 is 5.73 Å². The molecule has 1 aromatic carbocycles.